The molecule has 4 atom stereocenters. The first-order valence-corrected chi connectivity index (χ1v) is 22.3. The van der Waals surface area contributed by atoms with Crippen LogP contribution in [0, 0.1) is 0 Å². The van der Waals surface area contributed by atoms with Crippen LogP contribution in [0.25, 0.3) is 0 Å². The van der Waals surface area contributed by atoms with E-state index in [1.165, 1.54) is 89.9 Å². The van der Waals surface area contributed by atoms with Crippen LogP contribution in [0.2, 0.25) is 0 Å². The highest BCUT2D eigenvalue weighted by Crippen LogP contribution is 2.43. The van der Waals surface area contributed by atoms with Gasteiger partial charge in [0.15, 0.2) is 0 Å². The third-order valence-corrected chi connectivity index (χ3v) is 10.2. The van der Waals surface area contributed by atoms with Crippen LogP contribution in [0.4, 0.5) is 0 Å². The number of nitrogens with zero attached hydrogens (tertiary/aromatic N) is 1. The second kappa shape index (κ2) is 33.5. The van der Waals surface area contributed by atoms with Crippen molar-refractivity contribution in [1.82, 2.24) is 5.32 Å². The SMILES string of the molecule is CCCCCCCC/C=C\CCCCCCCC(=O)NC(COP(=O)(O)OCC[N+](C)(C)C)C(O)C(O)CCC/C=C/CCCCCCCCC. The summed E-state index contributed by atoms with van der Waals surface area (Å²) in [5.41, 5.74) is 0. The number of likely N-dealkylation sites (N-methyl/N-ethyl adjacent to an activating group) is 1. The molecule has 10 heteroatoms. The Morgan fingerprint density at radius 1 is 0.667 bits per heavy atom. The molecule has 0 saturated carbocycles. The van der Waals surface area contributed by atoms with Crippen LogP contribution in [0.15, 0.2) is 24.3 Å². The second-order valence-electron chi connectivity index (χ2n) is 15.5. The predicted molar refractivity (Wildman–Crippen MR) is 214 cm³/mol. The van der Waals surface area contributed by atoms with Gasteiger partial charge < -0.3 is 24.9 Å². The number of quaternary nitrogens is 1. The number of hydrogen-bond donors (Lipinski definition) is 4. The van der Waals surface area contributed by atoms with Gasteiger partial charge in [-0.1, -0.05) is 128 Å². The van der Waals surface area contributed by atoms with Crippen molar-refractivity contribution in [2.75, 3.05) is 40.9 Å². The Hall–Kier alpha value is -1.06. The van der Waals surface area contributed by atoms with Crippen LogP contribution in [0.1, 0.15) is 174 Å². The molecule has 51 heavy (non-hydrogen) atoms. The van der Waals surface area contributed by atoms with Gasteiger partial charge in [0.05, 0.1) is 39.9 Å². The number of carbonyl (C=O) groups is 1. The number of hydrogen-bond acceptors (Lipinski definition) is 6. The largest absolute Gasteiger partial charge is 0.472 e. The Morgan fingerprint density at radius 3 is 1.57 bits per heavy atom. The number of phosphoric ester groups is 1. The van der Waals surface area contributed by atoms with Crippen LogP contribution in [0.3, 0.4) is 0 Å². The molecule has 1 amide bonds. The molecule has 302 valence electrons. The first kappa shape index (κ1) is 49.9. The summed E-state index contributed by atoms with van der Waals surface area (Å²) in [4.78, 5) is 23.1. The highest BCUT2D eigenvalue weighted by Gasteiger charge is 2.31. The van der Waals surface area contributed by atoms with Crippen molar-refractivity contribution in [3.8, 4) is 0 Å². The molecule has 0 fully saturated rings. The zero-order valence-corrected chi connectivity index (χ0v) is 34.6. The highest BCUT2D eigenvalue weighted by atomic mass is 31.2. The average Bonchev–Trinajstić information content (AvgIpc) is 3.07. The normalized spacial score (nSPS) is 15.4. The van der Waals surface area contributed by atoms with E-state index in [4.69, 9.17) is 9.05 Å². The number of aliphatic hydroxyl groups excluding tert-OH is 2. The predicted octanol–water partition coefficient (Wildman–Crippen LogP) is 9.94. The smallest absolute Gasteiger partial charge is 0.390 e. The molecule has 9 nitrogen and oxygen atoms in total. The molecular weight excluding hydrogens is 663 g/mol. The van der Waals surface area contributed by atoms with E-state index in [2.05, 4.69) is 43.5 Å². The van der Waals surface area contributed by atoms with E-state index < -0.39 is 32.7 Å². The van der Waals surface area contributed by atoms with Gasteiger partial charge in [-0.3, -0.25) is 13.8 Å². The summed E-state index contributed by atoms with van der Waals surface area (Å²) >= 11 is 0. The summed E-state index contributed by atoms with van der Waals surface area (Å²) in [7, 11) is 1.41. The molecule has 0 bridgehead atoms. The maximum Gasteiger partial charge on any atom is 0.472 e. The van der Waals surface area contributed by atoms with Crippen LogP contribution in [-0.4, -0.2) is 84.6 Å². The molecule has 0 heterocycles. The second-order valence-corrected chi connectivity index (χ2v) is 16.9. The molecular formula is C41H82N2O7P+. The number of rotatable bonds is 37. The third-order valence-electron chi connectivity index (χ3n) is 9.26. The Balaban J connectivity index is 4.61. The van der Waals surface area contributed by atoms with E-state index >= 15 is 0 Å². The molecule has 4 unspecified atom stereocenters. The van der Waals surface area contributed by atoms with Crippen molar-refractivity contribution >= 4 is 13.7 Å². The lowest BCUT2D eigenvalue weighted by Crippen LogP contribution is -2.51. The third kappa shape index (κ3) is 34.5. The molecule has 0 aromatic rings. The van der Waals surface area contributed by atoms with Crippen molar-refractivity contribution < 1.29 is 38.0 Å². The molecule has 0 aliphatic heterocycles. The Morgan fingerprint density at radius 2 is 1.10 bits per heavy atom. The van der Waals surface area contributed by atoms with Gasteiger partial charge >= 0.3 is 7.82 Å². The maximum absolute atomic E-state index is 12.9. The number of amides is 1. The fraction of sp³-hybridized carbons (Fsp3) is 0.878. The summed E-state index contributed by atoms with van der Waals surface area (Å²) in [5.74, 6) is -0.278. The van der Waals surface area contributed by atoms with Crippen molar-refractivity contribution in [1.29, 1.82) is 0 Å². The molecule has 0 radical (unpaired) electrons. The molecule has 0 saturated heterocycles. The lowest BCUT2D eigenvalue weighted by Gasteiger charge is -2.28. The standard InChI is InChI=1S/C41H81N2O7P/c1-6-8-10-12-14-16-18-20-21-22-24-26-28-30-32-34-40(45)42-38(37-50-51(47,48)49-36-35-43(3,4)5)41(46)39(44)33-31-29-27-25-23-19-17-15-13-11-9-7-2/h20-21,25,27,38-39,41,44,46H,6-19,22-24,26,28-37H2,1-5H3,(H-,42,45,47,48)/p+1/b21-20-,27-25+. The first-order valence-electron chi connectivity index (χ1n) is 20.8. The molecule has 0 aromatic carbocycles. The Kier molecular flexibility index (Phi) is 32.8. The van der Waals surface area contributed by atoms with E-state index in [1.54, 1.807) is 0 Å². The van der Waals surface area contributed by atoms with Crippen molar-refractivity contribution in [2.45, 2.75) is 193 Å². The molecule has 0 aliphatic carbocycles. The van der Waals surface area contributed by atoms with Crippen molar-refractivity contribution in [2.24, 2.45) is 0 Å². The molecule has 0 aliphatic rings. The lowest BCUT2D eigenvalue weighted by molar-refractivity contribution is -0.870. The summed E-state index contributed by atoms with van der Waals surface area (Å²) in [6, 6.07) is -1.05. The quantitative estimate of drug-likeness (QED) is 0.0216. The van der Waals surface area contributed by atoms with Gasteiger partial charge in [-0.25, -0.2) is 4.57 Å². The zero-order chi connectivity index (χ0) is 38.1. The fourth-order valence-corrected chi connectivity index (χ4v) is 6.58. The monoisotopic (exact) mass is 746 g/mol. The van der Waals surface area contributed by atoms with Gasteiger partial charge in [0.1, 0.15) is 19.3 Å². The maximum atomic E-state index is 12.9. The van der Waals surface area contributed by atoms with Crippen molar-refractivity contribution in [3.05, 3.63) is 24.3 Å². The van der Waals surface area contributed by atoms with Crippen LogP contribution in [0.5, 0.6) is 0 Å². The van der Waals surface area contributed by atoms with Crippen LogP contribution >= 0.6 is 7.82 Å². The van der Waals surface area contributed by atoms with Crippen LogP contribution < -0.4 is 5.32 Å². The summed E-state index contributed by atoms with van der Waals surface area (Å²) < 4.78 is 23.4. The first-order chi connectivity index (χ1) is 24.4. The van der Waals surface area contributed by atoms with Gasteiger partial charge in [-0.15, -0.1) is 0 Å². The van der Waals surface area contributed by atoms with Gasteiger partial charge in [-0.2, -0.15) is 0 Å². The highest BCUT2D eigenvalue weighted by molar-refractivity contribution is 7.47. The number of aliphatic hydroxyl groups is 2. The Labute approximate surface area is 314 Å². The molecule has 0 spiro atoms. The fourth-order valence-electron chi connectivity index (χ4n) is 5.84. The molecule has 4 N–H and O–H groups in total. The minimum absolute atomic E-state index is 0.0153. The van der Waals surface area contributed by atoms with Gasteiger partial charge in [-0.05, 0) is 64.2 Å². The summed E-state index contributed by atoms with van der Waals surface area (Å²) in [5, 5.41) is 24.6. The lowest BCUT2D eigenvalue weighted by atomic mass is 10.0. The molecule has 0 rings (SSSR count). The van der Waals surface area contributed by atoms with E-state index in [9.17, 15) is 24.5 Å². The van der Waals surface area contributed by atoms with Gasteiger partial charge in [0.2, 0.25) is 5.91 Å². The van der Waals surface area contributed by atoms with Crippen LogP contribution in [-0.2, 0) is 18.4 Å². The number of unbranched alkanes of at least 4 members (excludes halogenated alkanes) is 19. The van der Waals surface area contributed by atoms with Gasteiger partial charge in [0.25, 0.3) is 0 Å². The number of nitrogens with one attached hydrogen (secondary N) is 1. The average molecular weight is 746 g/mol. The number of carbonyl (C=O) groups excluding carboxylic acids is 1. The van der Waals surface area contributed by atoms with E-state index in [1.807, 2.05) is 21.1 Å². The minimum Gasteiger partial charge on any atom is -0.390 e. The van der Waals surface area contributed by atoms with E-state index in [0.29, 0.717) is 30.3 Å². The Bertz CT molecular complexity index is 909. The molecule has 0 aromatic heterocycles. The van der Waals surface area contributed by atoms with E-state index in [0.717, 1.165) is 44.9 Å². The zero-order valence-electron chi connectivity index (χ0n) is 33.7. The summed E-state index contributed by atoms with van der Waals surface area (Å²) in [6.45, 7) is 4.54. The number of phosphoric acid groups is 1. The summed E-state index contributed by atoms with van der Waals surface area (Å²) in [6.07, 6.45) is 33.8. The van der Waals surface area contributed by atoms with Crippen molar-refractivity contribution in [3.63, 3.8) is 0 Å². The number of allylic oxidation sites excluding steroid dienone is 4. The minimum atomic E-state index is -4.42. The van der Waals surface area contributed by atoms with E-state index in [-0.39, 0.29) is 18.9 Å². The van der Waals surface area contributed by atoms with Gasteiger partial charge in [0, 0.05) is 6.42 Å². The topological polar surface area (TPSA) is 125 Å².